The SMILES string of the molecule is CCCCCCCn1cnc2c1CCCC2. The molecule has 0 atom stereocenters. The summed E-state index contributed by atoms with van der Waals surface area (Å²) >= 11 is 0. The highest BCUT2D eigenvalue weighted by atomic mass is 15.1. The summed E-state index contributed by atoms with van der Waals surface area (Å²) in [6, 6.07) is 0. The second-order valence-corrected chi connectivity index (χ2v) is 4.95. The van der Waals surface area contributed by atoms with Crippen molar-refractivity contribution in [2.45, 2.75) is 71.3 Å². The molecule has 0 aliphatic heterocycles. The summed E-state index contributed by atoms with van der Waals surface area (Å²) in [7, 11) is 0. The molecule has 16 heavy (non-hydrogen) atoms. The second kappa shape index (κ2) is 6.07. The largest absolute Gasteiger partial charge is 0.334 e. The summed E-state index contributed by atoms with van der Waals surface area (Å²) in [5.74, 6) is 0. The Hall–Kier alpha value is -0.790. The van der Waals surface area contributed by atoms with Crippen LogP contribution >= 0.6 is 0 Å². The van der Waals surface area contributed by atoms with Crippen molar-refractivity contribution in [1.29, 1.82) is 0 Å². The first-order chi connectivity index (χ1) is 7.92. The van der Waals surface area contributed by atoms with Crippen LogP contribution in [0.5, 0.6) is 0 Å². The minimum atomic E-state index is 1.19. The van der Waals surface area contributed by atoms with Crippen LogP contribution < -0.4 is 0 Å². The first-order valence-electron chi connectivity index (χ1n) is 6.94. The number of fused-ring (bicyclic) bond motifs is 1. The van der Waals surface area contributed by atoms with Gasteiger partial charge in [-0.25, -0.2) is 4.98 Å². The lowest BCUT2D eigenvalue weighted by Crippen LogP contribution is -2.08. The smallest absolute Gasteiger partial charge is 0.0951 e. The fourth-order valence-corrected chi connectivity index (χ4v) is 2.61. The van der Waals surface area contributed by atoms with Crippen LogP contribution in [0.15, 0.2) is 6.33 Å². The lowest BCUT2D eigenvalue weighted by atomic mass is 10.0. The molecule has 0 amide bonds. The first-order valence-corrected chi connectivity index (χ1v) is 6.94. The molecule has 0 aromatic carbocycles. The molecule has 0 N–H and O–H groups in total. The number of nitrogens with zero attached hydrogens (tertiary/aromatic N) is 2. The summed E-state index contributed by atoms with van der Waals surface area (Å²) in [6.45, 7) is 3.46. The third-order valence-corrected chi connectivity index (χ3v) is 3.61. The van der Waals surface area contributed by atoms with E-state index in [2.05, 4.69) is 22.8 Å². The van der Waals surface area contributed by atoms with Gasteiger partial charge in [-0.05, 0) is 32.1 Å². The molecule has 1 heterocycles. The number of hydrogen-bond acceptors (Lipinski definition) is 1. The predicted molar refractivity (Wildman–Crippen MR) is 67.6 cm³/mol. The Morgan fingerprint density at radius 2 is 1.94 bits per heavy atom. The van der Waals surface area contributed by atoms with E-state index in [0.717, 1.165) is 0 Å². The van der Waals surface area contributed by atoms with Crippen molar-refractivity contribution in [2.75, 3.05) is 0 Å². The maximum absolute atomic E-state index is 4.53. The summed E-state index contributed by atoms with van der Waals surface area (Å²) in [6.07, 6.45) is 14.0. The third-order valence-electron chi connectivity index (χ3n) is 3.61. The fraction of sp³-hybridized carbons (Fsp3) is 0.786. The Morgan fingerprint density at radius 1 is 1.12 bits per heavy atom. The van der Waals surface area contributed by atoms with E-state index in [-0.39, 0.29) is 0 Å². The Labute approximate surface area is 99.1 Å². The fourth-order valence-electron chi connectivity index (χ4n) is 2.61. The Bertz CT molecular complexity index is 315. The molecule has 0 bridgehead atoms. The minimum Gasteiger partial charge on any atom is -0.334 e. The van der Waals surface area contributed by atoms with E-state index >= 15 is 0 Å². The molecule has 0 radical (unpaired) electrons. The molecule has 0 unspecified atom stereocenters. The lowest BCUT2D eigenvalue weighted by Gasteiger charge is -2.13. The van der Waals surface area contributed by atoms with Gasteiger partial charge in [-0.1, -0.05) is 32.6 Å². The zero-order valence-corrected chi connectivity index (χ0v) is 10.5. The zero-order valence-electron chi connectivity index (χ0n) is 10.5. The van der Waals surface area contributed by atoms with Crippen molar-refractivity contribution in [1.82, 2.24) is 9.55 Å². The molecular weight excluding hydrogens is 196 g/mol. The van der Waals surface area contributed by atoms with Crippen molar-refractivity contribution in [3.63, 3.8) is 0 Å². The highest BCUT2D eigenvalue weighted by Gasteiger charge is 2.14. The number of unbranched alkanes of at least 4 members (excludes halogenated alkanes) is 4. The molecule has 2 nitrogen and oxygen atoms in total. The number of aromatic nitrogens is 2. The van der Waals surface area contributed by atoms with Gasteiger partial charge in [-0.15, -0.1) is 0 Å². The van der Waals surface area contributed by atoms with Crippen LogP contribution in [0.25, 0.3) is 0 Å². The molecule has 0 spiro atoms. The van der Waals surface area contributed by atoms with Crippen molar-refractivity contribution >= 4 is 0 Å². The van der Waals surface area contributed by atoms with Crippen LogP contribution in [0.1, 0.15) is 63.3 Å². The molecule has 1 aliphatic rings. The minimum absolute atomic E-state index is 1.19. The van der Waals surface area contributed by atoms with Gasteiger partial charge in [0.25, 0.3) is 0 Å². The average molecular weight is 220 g/mol. The van der Waals surface area contributed by atoms with Gasteiger partial charge in [-0.3, -0.25) is 0 Å². The van der Waals surface area contributed by atoms with E-state index in [0.29, 0.717) is 0 Å². The van der Waals surface area contributed by atoms with Gasteiger partial charge in [0.1, 0.15) is 0 Å². The van der Waals surface area contributed by atoms with Crippen LogP contribution in [0.4, 0.5) is 0 Å². The number of imidazole rings is 1. The average Bonchev–Trinajstić information content (AvgIpc) is 2.73. The Kier molecular flexibility index (Phi) is 4.44. The highest BCUT2D eigenvalue weighted by Crippen LogP contribution is 2.20. The first kappa shape index (κ1) is 11.7. The van der Waals surface area contributed by atoms with Gasteiger partial charge in [-0.2, -0.15) is 0 Å². The molecular formula is C14H24N2. The van der Waals surface area contributed by atoms with Gasteiger partial charge in [0.05, 0.1) is 12.0 Å². The molecule has 0 saturated heterocycles. The normalized spacial score (nSPS) is 15.1. The van der Waals surface area contributed by atoms with Gasteiger partial charge in [0, 0.05) is 12.2 Å². The zero-order chi connectivity index (χ0) is 11.2. The maximum atomic E-state index is 4.53. The third kappa shape index (κ3) is 2.87. The maximum Gasteiger partial charge on any atom is 0.0951 e. The standard InChI is InChI=1S/C14H24N2/c1-2-3-4-5-8-11-16-12-15-13-9-6-7-10-14(13)16/h12H,2-11H2,1H3. The van der Waals surface area contributed by atoms with Crippen LogP contribution in [0.3, 0.4) is 0 Å². The predicted octanol–water partition coefficient (Wildman–Crippen LogP) is 3.73. The molecule has 1 aromatic heterocycles. The Balaban J connectivity index is 1.78. The van der Waals surface area contributed by atoms with Crippen LogP contribution in [0, 0.1) is 0 Å². The molecule has 0 fully saturated rings. The molecule has 1 aliphatic carbocycles. The monoisotopic (exact) mass is 220 g/mol. The highest BCUT2D eigenvalue weighted by molar-refractivity contribution is 5.16. The van der Waals surface area contributed by atoms with Gasteiger partial charge >= 0.3 is 0 Å². The van der Waals surface area contributed by atoms with Crippen LogP contribution in [-0.4, -0.2) is 9.55 Å². The number of aryl methyl sites for hydroxylation is 2. The summed E-state index contributed by atoms with van der Waals surface area (Å²) in [5.41, 5.74) is 2.90. The van der Waals surface area contributed by atoms with Crippen LogP contribution in [0.2, 0.25) is 0 Å². The topological polar surface area (TPSA) is 17.8 Å². The lowest BCUT2D eigenvalue weighted by molar-refractivity contribution is 0.543. The van der Waals surface area contributed by atoms with E-state index < -0.39 is 0 Å². The van der Waals surface area contributed by atoms with E-state index in [1.54, 1.807) is 0 Å². The molecule has 0 saturated carbocycles. The Morgan fingerprint density at radius 3 is 2.81 bits per heavy atom. The summed E-state index contributed by atoms with van der Waals surface area (Å²) in [4.78, 5) is 4.53. The van der Waals surface area contributed by atoms with Crippen molar-refractivity contribution in [3.8, 4) is 0 Å². The van der Waals surface area contributed by atoms with E-state index in [1.807, 2.05) is 0 Å². The van der Waals surface area contributed by atoms with Gasteiger partial charge in [0.15, 0.2) is 0 Å². The quantitative estimate of drug-likeness (QED) is 0.668. The second-order valence-electron chi connectivity index (χ2n) is 4.95. The van der Waals surface area contributed by atoms with Gasteiger partial charge < -0.3 is 4.57 Å². The number of rotatable bonds is 6. The molecule has 2 heteroatoms. The van der Waals surface area contributed by atoms with E-state index in [1.165, 1.54) is 75.7 Å². The molecule has 2 rings (SSSR count). The van der Waals surface area contributed by atoms with Crippen molar-refractivity contribution in [3.05, 3.63) is 17.7 Å². The number of hydrogen-bond donors (Lipinski definition) is 0. The van der Waals surface area contributed by atoms with E-state index in [9.17, 15) is 0 Å². The van der Waals surface area contributed by atoms with Crippen molar-refractivity contribution < 1.29 is 0 Å². The van der Waals surface area contributed by atoms with Crippen LogP contribution in [-0.2, 0) is 19.4 Å². The van der Waals surface area contributed by atoms with E-state index in [4.69, 9.17) is 0 Å². The molecule has 1 aromatic rings. The summed E-state index contributed by atoms with van der Waals surface area (Å²) in [5, 5.41) is 0. The summed E-state index contributed by atoms with van der Waals surface area (Å²) < 4.78 is 2.40. The van der Waals surface area contributed by atoms with Gasteiger partial charge in [0.2, 0.25) is 0 Å². The molecule has 90 valence electrons. The van der Waals surface area contributed by atoms with Crippen molar-refractivity contribution in [2.24, 2.45) is 0 Å².